The van der Waals surface area contributed by atoms with E-state index < -0.39 is 0 Å². The standard InChI is InChI=1S/C12H13NOS/c1-2-9-5-3-4-6-11(9)12-13-10(7-14)8-15-12/h3-6,8,14H,2,7H2,1H3. The summed E-state index contributed by atoms with van der Waals surface area (Å²) in [6.07, 6.45) is 1.00. The normalized spacial score (nSPS) is 10.5. The van der Waals surface area contributed by atoms with Crippen molar-refractivity contribution in [1.29, 1.82) is 0 Å². The van der Waals surface area contributed by atoms with Crippen molar-refractivity contribution in [2.45, 2.75) is 20.0 Å². The first-order valence-corrected chi connectivity index (χ1v) is 5.86. The number of hydrogen-bond donors (Lipinski definition) is 1. The minimum Gasteiger partial charge on any atom is -0.390 e. The van der Waals surface area contributed by atoms with Gasteiger partial charge in [0.05, 0.1) is 12.3 Å². The van der Waals surface area contributed by atoms with Crippen LogP contribution in [0.2, 0.25) is 0 Å². The topological polar surface area (TPSA) is 33.1 Å². The van der Waals surface area contributed by atoms with Crippen LogP contribution in [0.25, 0.3) is 10.6 Å². The van der Waals surface area contributed by atoms with Crippen LogP contribution in [0, 0.1) is 0 Å². The van der Waals surface area contributed by atoms with Gasteiger partial charge in [-0.2, -0.15) is 0 Å². The molecule has 1 heterocycles. The van der Waals surface area contributed by atoms with Gasteiger partial charge in [0, 0.05) is 10.9 Å². The third kappa shape index (κ3) is 2.08. The fraction of sp³-hybridized carbons (Fsp3) is 0.250. The number of thiazole rings is 1. The summed E-state index contributed by atoms with van der Waals surface area (Å²) in [6, 6.07) is 8.27. The van der Waals surface area contributed by atoms with Crippen molar-refractivity contribution in [2.75, 3.05) is 0 Å². The van der Waals surface area contributed by atoms with E-state index >= 15 is 0 Å². The average molecular weight is 219 g/mol. The number of aromatic nitrogens is 1. The van der Waals surface area contributed by atoms with Gasteiger partial charge in [-0.05, 0) is 12.0 Å². The van der Waals surface area contributed by atoms with Gasteiger partial charge < -0.3 is 5.11 Å². The highest BCUT2D eigenvalue weighted by Gasteiger charge is 2.07. The maximum absolute atomic E-state index is 8.97. The summed E-state index contributed by atoms with van der Waals surface area (Å²) in [7, 11) is 0. The molecule has 1 N–H and O–H groups in total. The van der Waals surface area contributed by atoms with Crippen LogP contribution in [0.4, 0.5) is 0 Å². The van der Waals surface area contributed by atoms with E-state index in [4.69, 9.17) is 5.11 Å². The number of benzene rings is 1. The monoisotopic (exact) mass is 219 g/mol. The van der Waals surface area contributed by atoms with Crippen molar-refractivity contribution in [3.8, 4) is 10.6 Å². The minimum atomic E-state index is 0.0186. The van der Waals surface area contributed by atoms with Crippen LogP contribution in [0.5, 0.6) is 0 Å². The number of hydrogen-bond acceptors (Lipinski definition) is 3. The zero-order valence-corrected chi connectivity index (χ0v) is 9.42. The molecule has 0 amide bonds. The predicted octanol–water partition coefficient (Wildman–Crippen LogP) is 2.86. The summed E-state index contributed by atoms with van der Waals surface area (Å²) >= 11 is 1.59. The summed E-state index contributed by atoms with van der Waals surface area (Å²) in [6.45, 7) is 2.16. The van der Waals surface area contributed by atoms with Gasteiger partial charge in [-0.25, -0.2) is 4.98 Å². The molecule has 0 spiro atoms. The first kappa shape index (κ1) is 10.3. The van der Waals surface area contributed by atoms with Gasteiger partial charge in [0.1, 0.15) is 5.01 Å². The molecular weight excluding hydrogens is 206 g/mol. The molecule has 1 aromatic heterocycles. The Balaban J connectivity index is 2.44. The first-order chi connectivity index (χ1) is 7.35. The quantitative estimate of drug-likeness (QED) is 0.861. The largest absolute Gasteiger partial charge is 0.390 e. The molecule has 0 aliphatic carbocycles. The van der Waals surface area contributed by atoms with E-state index in [1.54, 1.807) is 11.3 Å². The van der Waals surface area contributed by atoms with Gasteiger partial charge in [0.25, 0.3) is 0 Å². The summed E-state index contributed by atoms with van der Waals surface area (Å²) < 4.78 is 0. The maximum Gasteiger partial charge on any atom is 0.123 e. The van der Waals surface area contributed by atoms with Gasteiger partial charge in [-0.3, -0.25) is 0 Å². The second kappa shape index (κ2) is 4.55. The molecular formula is C12H13NOS. The second-order valence-electron chi connectivity index (χ2n) is 3.31. The van der Waals surface area contributed by atoms with Gasteiger partial charge in [0.2, 0.25) is 0 Å². The number of aryl methyl sites for hydroxylation is 1. The summed E-state index contributed by atoms with van der Waals surface area (Å²) in [4.78, 5) is 4.38. The Kier molecular flexibility index (Phi) is 3.14. The van der Waals surface area contributed by atoms with Crippen LogP contribution >= 0.6 is 11.3 Å². The van der Waals surface area contributed by atoms with Gasteiger partial charge in [-0.1, -0.05) is 31.2 Å². The van der Waals surface area contributed by atoms with Gasteiger partial charge in [-0.15, -0.1) is 11.3 Å². The number of aliphatic hydroxyl groups excluding tert-OH is 1. The Morgan fingerprint density at radius 3 is 2.80 bits per heavy atom. The summed E-state index contributed by atoms with van der Waals surface area (Å²) in [5.74, 6) is 0. The van der Waals surface area contributed by atoms with Gasteiger partial charge >= 0.3 is 0 Å². The van der Waals surface area contributed by atoms with E-state index in [1.807, 2.05) is 17.5 Å². The van der Waals surface area contributed by atoms with E-state index in [9.17, 15) is 0 Å². The molecule has 78 valence electrons. The smallest absolute Gasteiger partial charge is 0.123 e. The van der Waals surface area contributed by atoms with Crippen molar-refractivity contribution in [3.05, 3.63) is 40.9 Å². The highest BCUT2D eigenvalue weighted by molar-refractivity contribution is 7.13. The fourth-order valence-corrected chi connectivity index (χ4v) is 2.41. The second-order valence-corrected chi connectivity index (χ2v) is 4.17. The fourth-order valence-electron chi connectivity index (χ4n) is 1.54. The zero-order chi connectivity index (χ0) is 10.7. The number of nitrogens with zero attached hydrogens (tertiary/aromatic N) is 1. The van der Waals surface area contributed by atoms with Crippen LogP contribution in [0.1, 0.15) is 18.2 Å². The third-order valence-corrected chi connectivity index (χ3v) is 3.27. The lowest BCUT2D eigenvalue weighted by atomic mass is 10.1. The van der Waals surface area contributed by atoms with Gasteiger partial charge in [0.15, 0.2) is 0 Å². The molecule has 1 aromatic carbocycles. The molecule has 0 aliphatic rings. The van der Waals surface area contributed by atoms with Crippen LogP contribution in [0.15, 0.2) is 29.6 Å². The Labute approximate surface area is 93.2 Å². The highest BCUT2D eigenvalue weighted by atomic mass is 32.1. The van der Waals surface area contributed by atoms with E-state index in [1.165, 1.54) is 11.1 Å². The van der Waals surface area contributed by atoms with Crippen molar-refractivity contribution in [2.24, 2.45) is 0 Å². The lowest BCUT2D eigenvalue weighted by Gasteiger charge is -2.03. The lowest BCUT2D eigenvalue weighted by Crippen LogP contribution is -1.87. The Morgan fingerprint density at radius 1 is 1.33 bits per heavy atom. The van der Waals surface area contributed by atoms with Crippen molar-refractivity contribution < 1.29 is 5.11 Å². The zero-order valence-electron chi connectivity index (χ0n) is 8.60. The lowest BCUT2D eigenvalue weighted by molar-refractivity contribution is 0.278. The molecule has 0 saturated heterocycles. The SMILES string of the molecule is CCc1ccccc1-c1nc(CO)cs1. The van der Waals surface area contributed by atoms with E-state index in [0.717, 1.165) is 17.1 Å². The summed E-state index contributed by atoms with van der Waals surface area (Å²) in [5, 5.41) is 11.9. The van der Waals surface area contributed by atoms with Crippen molar-refractivity contribution in [1.82, 2.24) is 4.98 Å². The maximum atomic E-state index is 8.97. The molecule has 0 unspecified atom stereocenters. The van der Waals surface area contributed by atoms with Crippen LogP contribution < -0.4 is 0 Å². The molecule has 0 aliphatic heterocycles. The molecule has 0 bridgehead atoms. The Hall–Kier alpha value is -1.19. The number of rotatable bonds is 3. The minimum absolute atomic E-state index is 0.0186. The van der Waals surface area contributed by atoms with Crippen molar-refractivity contribution in [3.63, 3.8) is 0 Å². The molecule has 0 fully saturated rings. The highest BCUT2D eigenvalue weighted by Crippen LogP contribution is 2.27. The van der Waals surface area contributed by atoms with Crippen LogP contribution in [0.3, 0.4) is 0 Å². The molecule has 0 atom stereocenters. The molecule has 2 nitrogen and oxygen atoms in total. The molecule has 2 aromatic rings. The molecule has 3 heteroatoms. The van der Waals surface area contributed by atoms with Crippen LogP contribution in [-0.2, 0) is 13.0 Å². The van der Waals surface area contributed by atoms with E-state index in [0.29, 0.717) is 0 Å². The van der Waals surface area contributed by atoms with Crippen molar-refractivity contribution >= 4 is 11.3 Å². The number of aliphatic hydroxyl groups is 1. The third-order valence-electron chi connectivity index (χ3n) is 2.34. The van der Waals surface area contributed by atoms with E-state index in [-0.39, 0.29) is 6.61 Å². The Morgan fingerprint density at radius 2 is 2.13 bits per heavy atom. The predicted molar refractivity (Wildman–Crippen MR) is 62.9 cm³/mol. The molecule has 0 radical (unpaired) electrons. The average Bonchev–Trinajstić information content (AvgIpc) is 2.77. The summed E-state index contributed by atoms with van der Waals surface area (Å²) in [5.41, 5.74) is 3.24. The first-order valence-electron chi connectivity index (χ1n) is 4.98. The van der Waals surface area contributed by atoms with Crippen LogP contribution in [-0.4, -0.2) is 10.1 Å². The molecule has 2 rings (SSSR count). The Bertz CT molecular complexity index is 450. The molecule has 15 heavy (non-hydrogen) atoms. The molecule has 0 saturated carbocycles. The van der Waals surface area contributed by atoms with E-state index in [2.05, 4.69) is 24.0 Å².